The zero-order valence-electron chi connectivity index (χ0n) is 9.56. The summed E-state index contributed by atoms with van der Waals surface area (Å²) in [6.07, 6.45) is 1.41. The van der Waals surface area contributed by atoms with Crippen molar-refractivity contribution in [2.24, 2.45) is 0 Å². The summed E-state index contributed by atoms with van der Waals surface area (Å²) in [4.78, 5) is 0. The van der Waals surface area contributed by atoms with E-state index in [0.717, 1.165) is 17.2 Å². The summed E-state index contributed by atoms with van der Waals surface area (Å²) in [7, 11) is 0. The van der Waals surface area contributed by atoms with Crippen LogP contribution in [-0.2, 0) is 0 Å². The first kappa shape index (κ1) is 11.5. The fourth-order valence-electron chi connectivity index (χ4n) is 1.98. The minimum atomic E-state index is -0.598. The minimum absolute atomic E-state index is 0.319. The van der Waals surface area contributed by atoms with Crippen LogP contribution in [0.1, 0.15) is 18.1 Å². The molecule has 0 aromatic heterocycles. The lowest BCUT2D eigenvalue weighted by atomic mass is 9.95. The summed E-state index contributed by atoms with van der Waals surface area (Å²) in [5.41, 5.74) is 1.83. The summed E-state index contributed by atoms with van der Waals surface area (Å²) < 4.78 is 27.4. The Balaban J connectivity index is 3.05. The van der Waals surface area contributed by atoms with Crippen LogP contribution in [0.3, 0.4) is 0 Å². The molecule has 0 amide bonds. The summed E-state index contributed by atoms with van der Waals surface area (Å²) in [5, 5.41) is 0.925. The Morgan fingerprint density at radius 1 is 1.24 bits per heavy atom. The van der Waals surface area contributed by atoms with Gasteiger partial charge in [-0.15, -0.1) is 0 Å². The molecular weight excluding hydrogens is 218 g/mol. The number of allylic oxidation sites excluding steroid dienone is 1. The first-order chi connectivity index (χ1) is 8.06. The number of rotatable bonds is 2. The Bertz CT molecular complexity index is 624. The van der Waals surface area contributed by atoms with Gasteiger partial charge in [0.2, 0.25) is 0 Å². The van der Waals surface area contributed by atoms with Gasteiger partial charge in [0.25, 0.3) is 0 Å². The molecule has 0 saturated heterocycles. The van der Waals surface area contributed by atoms with Crippen LogP contribution in [0.5, 0.6) is 0 Å². The molecule has 0 fully saturated rings. The normalized spacial score (nSPS) is 10.5. The molecule has 0 spiro atoms. The molecule has 17 heavy (non-hydrogen) atoms. The van der Waals surface area contributed by atoms with Gasteiger partial charge in [0.15, 0.2) is 0 Å². The summed E-state index contributed by atoms with van der Waals surface area (Å²) in [6, 6.07) is 6.06. The average Bonchev–Trinajstić information content (AvgIpc) is 2.28. The standard InChI is InChI=1S/C15H12F2/c1-4-10-13(16)8-14(17)12-7-5-6-11(9(2)3)15(10)12/h4-8H,1-2H2,3H3. The Morgan fingerprint density at radius 3 is 2.53 bits per heavy atom. The van der Waals surface area contributed by atoms with E-state index in [1.165, 1.54) is 6.08 Å². The number of benzene rings is 2. The van der Waals surface area contributed by atoms with E-state index >= 15 is 0 Å². The minimum Gasteiger partial charge on any atom is -0.206 e. The first-order valence-corrected chi connectivity index (χ1v) is 5.25. The van der Waals surface area contributed by atoms with Gasteiger partial charge in [0.1, 0.15) is 11.6 Å². The molecule has 0 N–H and O–H groups in total. The van der Waals surface area contributed by atoms with Gasteiger partial charge in [-0.2, -0.15) is 0 Å². The molecule has 0 atom stereocenters. The van der Waals surface area contributed by atoms with Crippen LogP contribution in [0.15, 0.2) is 37.4 Å². The van der Waals surface area contributed by atoms with Gasteiger partial charge in [-0.3, -0.25) is 0 Å². The quantitative estimate of drug-likeness (QED) is 0.695. The van der Waals surface area contributed by atoms with Gasteiger partial charge < -0.3 is 0 Å². The summed E-state index contributed by atoms with van der Waals surface area (Å²) in [5.74, 6) is -1.16. The average molecular weight is 230 g/mol. The Hall–Kier alpha value is -1.96. The van der Waals surface area contributed by atoms with Crippen molar-refractivity contribution in [1.29, 1.82) is 0 Å². The van der Waals surface area contributed by atoms with Crippen LogP contribution in [-0.4, -0.2) is 0 Å². The van der Waals surface area contributed by atoms with Crippen LogP contribution >= 0.6 is 0 Å². The monoisotopic (exact) mass is 230 g/mol. The second kappa shape index (κ2) is 4.13. The van der Waals surface area contributed by atoms with Crippen molar-refractivity contribution in [2.75, 3.05) is 0 Å². The molecule has 0 saturated carbocycles. The molecule has 2 rings (SSSR count). The number of fused-ring (bicyclic) bond motifs is 1. The zero-order chi connectivity index (χ0) is 12.6. The van der Waals surface area contributed by atoms with Crippen molar-refractivity contribution in [1.82, 2.24) is 0 Å². The van der Waals surface area contributed by atoms with Crippen LogP contribution in [0, 0.1) is 11.6 Å². The van der Waals surface area contributed by atoms with Crippen molar-refractivity contribution in [3.63, 3.8) is 0 Å². The lowest BCUT2D eigenvalue weighted by molar-refractivity contribution is 0.590. The summed E-state index contributed by atoms with van der Waals surface area (Å²) in [6.45, 7) is 9.22. The largest absolute Gasteiger partial charge is 0.206 e. The summed E-state index contributed by atoms with van der Waals surface area (Å²) >= 11 is 0. The Kier molecular flexibility index (Phi) is 2.80. The van der Waals surface area contributed by atoms with E-state index in [-0.39, 0.29) is 0 Å². The third-order valence-corrected chi connectivity index (χ3v) is 2.77. The predicted molar refractivity (Wildman–Crippen MR) is 68.7 cm³/mol. The fourth-order valence-corrected chi connectivity index (χ4v) is 1.98. The number of hydrogen-bond acceptors (Lipinski definition) is 0. The number of hydrogen-bond donors (Lipinski definition) is 0. The highest BCUT2D eigenvalue weighted by molar-refractivity contribution is 5.99. The highest BCUT2D eigenvalue weighted by Crippen LogP contribution is 2.31. The molecule has 2 aromatic rings. The van der Waals surface area contributed by atoms with Crippen LogP contribution < -0.4 is 0 Å². The molecular formula is C15H12F2. The van der Waals surface area contributed by atoms with Crippen molar-refractivity contribution in [3.05, 3.63) is 60.2 Å². The van der Waals surface area contributed by atoms with Gasteiger partial charge in [-0.05, 0) is 12.5 Å². The smallest absolute Gasteiger partial charge is 0.134 e. The topological polar surface area (TPSA) is 0 Å². The molecule has 86 valence electrons. The van der Waals surface area contributed by atoms with Crippen molar-refractivity contribution in [2.45, 2.75) is 6.92 Å². The molecule has 0 aliphatic heterocycles. The lowest BCUT2D eigenvalue weighted by Crippen LogP contribution is -1.93. The van der Waals surface area contributed by atoms with E-state index in [2.05, 4.69) is 13.2 Å². The van der Waals surface area contributed by atoms with E-state index in [0.29, 0.717) is 16.3 Å². The zero-order valence-corrected chi connectivity index (χ0v) is 9.56. The highest BCUT2D eigenvalue weighted by atomic mass is 19.1. The second-order valence-corrected chi connectivity index (χ2v) is 3.97. The van der Waals surface area contributed by atoms with Crippen molar-refractivity contribution in [3.8, 4) is 0 Å². The van der Waals surface area contributed by atoms with Crippen molar-refractivity contribution < 1.29 is 8.78 Å². The van der Waals surface area contributed by atoms with E-state index in [1.807, 2.05) is 6.92 Å². The molecule has 0 radical (unpaired) electrons. The Morgan fingerprint density at radius 2 is 1.94 bits per heavy atom. The molecule has 2 aromatic carbocycles. The lowest BCUT2D eigenvalue weighted by Gasteiger charge is -2.11. The van der Waals surface area contributed by atoms with Crippen LogP contribution in [0.25, 0.3) is 22.4 Å². The van der Waals surface area contributed by atoms with Crippen molar-refractivity contribution >= 4 is 22.4 Å². The van der Waals surface area contributed by atoms with Gasteiger partial charge in [0, 0.05) is 22.4 Å². The Labute approximate surface area is 98.9 Å². The van der Waals surface area contributed by atoms with E-state index in [9.17, 15) is 8.78 Å². The van der Waals surface area contributed by atoms with Crippen LogP contribution in [0.4, 0.5) is 8.78 Å². The maximum atomic E-state index is 13.7. The van der Waals surface area contributed by atoms with Gasteiger partial charge in [0.05, 0.1) is 0 Å². The van der Waals surface area contributed by atoms with Gasteiger partial charge >= 0.3 is 0 Å². The van der Waals surface area contributed by atoms with Crippen LogP contribution in [0.2, 0.25) is 0 Å². The predicted octanol–water partition coefficient (Wildman–Crippen LogP) is 4.79. The molecule has 0 aliphatic rings. The highest BCUT2D eigenvalue weighted by Gasteiger charge is 2.13. The fraction of sp³-hybridized carbons (Fsp3) is 0.0667. The van der Waals surface area contributed by atoms with E-state index in [1.54, 1.807) is 18.2 Å². The maximum absolute atomic E-state index is 13.7. The third kappa shape index (κ3) is 1.76. The molecule has 0 aliphatic carbocycles. The molecule has 0 bridgehead atoms. The van der Waals surface area contributed by atoms with E-state index in [4.69, 9.17) is 0 Å². The van der Waals surface area contributed by atoms with E-state index < -0.39 is 11.6 Å². The SMILES string of the molecule is C=Cc1c(F)cc(F)c2cccc(C(=C)C)c12. The van der Waals surface area contributed by atoms with Gasteiger partial charge in [-0.25, -0.2) is 8.78 Å². The molecule has 2 heteroatoms. The second-order valence-electron chi connectivity index (χ2n) is 3.97. The molecule has 0 unspecified atom stereocenters. The third-order valence-electron chi connectivity index (χ3n) is 2.77. The molecule has 0 heterocycles. The first-order valence-electron chi connectivity index (χ1n) is 5.25. The van der Waals surface area contributed by atoms with Gasteiger partial charge in [-0.1, -0.05) is 43.0 Å². The number of halogens is 2. The maximum Gasteiger partial charge on any atom is 0.134 e. The molecule has 0 nitrogen and oxygen atoms in total.